The van der Waals surface area contributed by atoms with E-state index in [0.717, 1.165) is 12.8 Å². The predicted molar refractivity (Wildman–Crippen MR) is 58.6 cm³/mol. The molecule has 6 heteroatoms. The standard InChI is InChI=1S/C10H19N3O3/c1-7(12-10(11)16)9(15)13-4-2-3-8(5-13)6-14/h7-8,14H,2-6H2,1H3,(H3,11,12,16). The van der Waals surface area contributed by atoms with Gasteiger partial charge in [0.05, 0.1) is 0 Å². The average molecular weight is 229 g/mol. The number of rotatable bonds is 3. The van der Waals surface area contributed by atoms with Crippen molar-refractivity contribution < 1.29 is 14.7 Å². The van der Waals surface area contributed by atoms with Crippen LogP contribution in [0, 0.1) is 5.92 Å². The molecular formula is C10H19N3O3. The molecule has 1 fully saturated rings. The first-order valence-electron chi connectivity index (χ1n) is 5.50. The molecular weight excluding hydrogens is 210 g/mol. The lowest BCUT2D eigenvalue weighted by atomic mass is 9.98. The number of hydrogen-bond acceptors (Lipinski definition) is 3. The number of hydrogen-bond donors (Lipinski definition) is 3. The van der Waals surface area contributed by atoms with Crippen LogP contribution in [0.2, 0.25) is 0 Å². The molecule has 2 atom stereocenters. The molecule has 1 saturated heterocycles. The topological polar surface area (TPSA) is 95.7 Å². The third kappa shape index (κ3) is 3.37. The molecule has 3 amide bonds. The summed E-state index contributed by atoms with van der Waals surface area (Å²) in [7, 11) is 0. The average Bonchev–Trinajstić information content (AvgIpc) is 2.27. The molecule has 0 spiro atoms. The van der Waals surface area contributed by atoms with Crippen molar-refractivity contribution in [2.45, 2.75) is 25.8 Å². The van der Waals surface area contributed by atoms with Gasteiger partial charge in [-0.1, -0.05) is 0 Å². The molecule has 1 aliphatic heterocycles. The summed E-state index contributed by atoms with van der Waals surface area (Å²) in [6, 6.07) is -1.30. The first-order chi connectivity index (χ1) is 7.54. The van der Waals surface area contributed by atoms with E-state index < -0.39 is 12.1 Å². The van der Waals surface area contributed by atoms with Crippen LogP contribution >= 0.6 is 0 Å². The van der Waals surface area contributed by atoms with Crippen molar-refractivity contribution in [3.63, 3.8) is 0 Å². The Morgan fingerprint density at radius 3 is 2.88 bits per heavy atom. The van der Waals surface area contributed by atoms with E-state index in [9.17, 15) is 9.59 Å². The minimum atomic E-state index is -0.698. The van der Waals surface area contributed by atoms with Crippen LogP contribution in [0.25, 0.3) is 0 Å². The Bertz CT molecular complexity index is 270. The number of amides is 3. The number of aliphatic hydroxyl groups is 1. The summed E-state index contributed by atoms with van der Waals surface area (Å²) in [5.41, 5.74) is 4.95. The molecule has 1 rings (SSSR count). The molecule has 0 aliphatic carbocycles. The Morgan fingerprint density at radius 2 is 2.31 bits per heavy atom. The minimum Gasteiger partial charge on any atom is -0.396 e. The Balaban J connectivity index is 2.49. The number of likely N-dealkylation sites (tertiary alicyclic amines) is 1. The Kier molecular flexibility index (Phi) is 4.54. The number of carbonyl (C=O) groups excluding carboxylic acids is 2. The highest BCUT2D eigenvalue weighted by molar-refractivity contribution is 5.86. The summed E-state index contributed by atoms with van der Waals surface area (Å²) in [6.45, 7) is 2.94. The number of aliphatic hydroxyl groups excluding tert-OH is 1. The second-order valence-electron chi connectivity index (χ2n) is 4.21. The first-order valence-corrected chi connectivity index (χ1v) is 5.50. The third-order valence-corrected chi connectivity index (χ3v) is 2.82. The predicted octanol–water partition coefficient (Wildman–Crippen LogP) is -0.726. The number of nitrogens with two attached hydrogens (primary N) is 1. The maximum absolute atomic E-state index is 11.9. The molecule has 6 nitrogen and oxygen atoms in total. The van der Waals surface area contributed by atoms with E-state index in [2.05, 4.69) is 5.32 Å². The molecule has 0 radical (unpaired) electrons. The van der Waals surface area contributed by atoms with Gasteiger partial charge in [0.2, 0.25) is 5.91 Å². The van der Waals surface area contributed by atoms with E-state index in [1.54, 1.807) is 11.8 Å². The SMILES string of the molecule is CC(NC(N)=O)C(=O)N1CCCC(CO)C1. The summed E-state index contributed by atoms with van der Waals surface area (Å²) in [5, 5.41) is 11.4. The second-order valence-corrected chi connectivity index (χ2v) is 4.21. The van der Waals surface area contributed by atoms with Gasteiger partial charge in [-0.15, -0.1) is 0 Å². The van der Waals surface area contributed by atoms with Crippen LogP contribution in [0.3, 0.4) is 0 Å². The normalized spacial score (nSPS) is 22.6. The highest BCUT2D eigenvalue weighted by Crippen LogP contribution is 2.16. The second kappa shape index (κ2) is 5.69. The lowest BCUT2D eigenvalue weighted by molar-refractivity contribution is -0.134. The molecule has 0 saturated carbocycles. The van der Waals surface area contributed by atoms with Gasteiger partial charge in [0.1, 0.15) is 6.04 Å². The zero-order valence-corrected chi connectivity index (χ0v) is 9.48. The van der Waals surface area contributed by atoms with E-state index in [1.807, 2.05) is 0 Å². The molecule has 0 aromatic rings. The van der Waals surface area contributed by atoms with Gasteiger partial charge < -0.3 is 21.1 Å². The lowest BCUT2D eigenvalue weighted by Crippen LogP contribution is -2.51. The van der Waals surface area contributed by atoms with Gasteiger partial charge in [-0.3, -0.25) is 4.79 Å². The zero-order valence-electron chi connectivity index (χ0n) is 9.48. The Morgan fingerprint density at radius 1 is 1.62 bits per heavy atom. The van der Waals surface area contributed by atoms with E-state index in [4.69, 9.17) is 10.8 Å². The van der Waals surface area contributed by atoms with Crippen LogP contribution in [-0.2, 0) is 4.79 Å². The van der Waals surface area contributed by atoms with Gasteiger partial charge in [-0.25, -0.2) is 4.79 Å². The molecule has 16 heavy (non-hydrogen) atoms. The van der Waals surface area contributed by atoms with Crippen molar-refractivity contribution in [1.29, 1.82) is 0 Å². The van der Waals surface area contributed by atoms with Crippen LogP contribution in [0.5, 0.6) is 0 Å². The molecule has 1 heterocycles. The lowest BCUT2D eigenvalue weighted by Gasteiger charge is -2.33. The molecule has 0 bridgehead atoms. The monoisotopic (exact) mass is 229 g/mol. The molecule has 2 unspecified atom stereocenters. The van der Waals surface area contributed by atoms with Crippen LogP contribution in [0.1, 0.15) is 19.8 Å². The Hall–Kier alpha value is -1.30. The van der Waals surface area contributed by atoms with E-state index in [-0.39, 0.29) is 18.4 Å². The third-order valence-electron chi connectivity index (χ3n) is 2.82. The van der Waals surface area contributed by atoms with Gasteiger partial charge in [-0.05, 0) is 25.7 Å². The van der Waals surface area contributed by atoms with Gasteiger partial charge in [0, 0.05) is 19.7 Å². The van der Waals surface area contributed by atoms with Gasteiger partial charge in [0.15, 0.2) is 0 Å². The van der Waals surface area contributed by atoms with Crippen molar-refractivity contribution in [2.75, 3.05) is 19.7 Å². The highest BCUT2D eigenvalue weighted by Gasteiger charge is 2.26. The maximum Gasteiger partial charge on any atom is 0.312 e. The van der Waals surface area contributed by atoms with Crippen LogP contribution in [0.15, 0.2) is 0 Å². The summed E-state index contributed by atoms with van der Waals surface area (Å²) >= 11 is 0. The number of primary amides is 1. The van der Waals surface area contributed by atoms with E-state index >= 15 is 0 Å². The number of nitrogens with zero attached hydrogens (tertiary/aromatic N) is 1. The van der Waals surface area contributed by atoms with E-state index in [0.29, 0.717) is 13.1 Å². The van der Waals surface area contributed by atoms with Crippen molar-refractivity contribution in [3.8, 4) is 0 Å². The summed E-state index contributed by atoms with van der Waals surface area (Å²) in [4.78, 5) is 24.2. The smallest absolute Gasteiger partial charge is 0.312 e. The van der Waals surface area contributed by atoms with Crippen molar-refractivity contribution in [3.05, 3.63) is 0 Å². The largest absolute Gasteiger partial charge is 0.396 e. The fourth-order valence-electron chi connectivity index (χ4n) is 1.96. The quantitative estimate of drug-likeness (QED) is 0.595. The van der Waals surface area contributed by atoms with Crippen molar-refractivity contribution in [1.82, 2.24) is 10.2 Å². The molecule has 1 aliphatic rings. The molecule has 0 aromatic carbocycles. The van der Waals surface area contributed by atoms with Gasteiger partial charge in [-0.2, -0.15) is 0 Å². The van der Waals surface area contributed by atoms with E-state index in [1.165, 1.54) is 0 Å². The summed E-state index contributed by atoms with van der Waals surface area (Å²) in [6.07, 6.45) is 1.83. The molecule has 92 valence electrons. The van der Waals surface area contributed by atoms with Gasteiger partial charge in [0.25, 0.3) is 0 Å². The highest BCUT2D eigenvalue weighted by atomic mass is 16.3. The number of carbonyl (C=O) groups is 2. The molecule has 0 aromatic heterocycles. The van der Waals surface area contributed by atoms with Crippen LogP contribution in [0.4, 0.5) is 4.79 Å². The van der Waals surface area contributed by atoms with Crippen molar-refractivity contribution in [2.24, 2.45) is 11.7 Å². The Labute approximate surface area is 94.8 Å². The van der Waals surface area contributed by atoms with Crippen molar-refractivity contribution >= 4 is 11.9 Å². The number of nitrogens with one attached hydrogen (secondary N) is 1. The summed E-state index contributed by atoms with van der Waals surface area (Å²) in [5.74, 6) is 0.00966. The maximum atomic E-state index is 11.9. The number of urea groups is 1. The molecule has 4 N–H and O–H groups in total. The van der Waals surface area contributed by atoms with Gasteiger partial charge >= 0.3 is 6.03 Å². The zero-order chi connectivity index (χ0) is 12.1. The fourth-order valence-corrected chi connectivity index (χ4v) is 1.96. The van der Waals surface area contributed by atoms with Crippen LogP contribution in [-0.4, -0.2) is 47.7 Å². The minimum absolute atomic E-state index is 0.0986. The summed E-state index contributed by atoms with van der Waals surface area (Å²) < 4.78 is 0. The van der Waals surface area contributed by atoms with Crippen LogP contribution < -0.4 is 11.1 Å². The number of piperidine rings is 1. The fraction of sp³-hybridized carbons (Fsp3) is 0.800. The first kappa shape index (κ1) is 12.8.